The molecule has 1 aliphatic rings. The second kappa shape index (κ2) is 8.85. The Labute approximate surface area is 165 Å². The van der Waals surface area contributed by atoms with Crippen molar-refractivity contribution in [1.82, 2.24) is 5.32 Å². The quantitative estimate of drug-likeness (QED) is 0.558. The second-order valence-corrected chi connectivity index (χ2v) is 6.77. The normalized spacial score (nSPS) is 14.6. The summed E-state index contributed by atoms with van der Waals surface area (Å²) in [6.07, 6.45) is 0. The number of benzene rings is 1. The van der Waals surface area contributed by atoms with E-state index in [1.807, 2.05) is 12.1 Å². The number of carbonyl (C=O) groups excluding carboxylic acids is 3. The maximum atomic E-state index is 12.8. The Morgan fingerprint density at radius 3 is 1.89 bits per heavy atom. The van der Waals surface area contributed by atoms with Crippen molar-refractivity contribution in [2.75, 3.05) is 14.2 Å². The zero-order valence-corrected chi connectivity index (χ0v) is 17.0. The Balaban J connectivity index is 2.36. The van der Waals surface area contributed by atoms with E-state index in [-0.39, 0.29) is 17.8 Å². The van der Waals surface area contributed by atoms with Gasteiger partial charge in [-0.2, -0.15) is 0 Å². The van der Waals surface area contributed by atoms with Gasteiger partial charge in [-0.25, -0.2) is 9.59 Å². The number of nitrogens with one attached hydrogen (secondary N) is 1. The van der Waals surface area contributed by atoms with Gasteiger partial charge < -0.3 is 19.5 Å². The molecule has 27 heavy (non-hydrogen) atoms. The molecule has 1 N–H and O–H groups in total. The lowest BCUT2D eigenvalue weighted by Gasteiger charge is -2.28. The van der Waals surface area contributed by atoms with Gasteiger partial charge in [-0.3, -0.25) is 4.79 Å². The number of methoxy groups -OCH3 is 2. The number of allylic oxidation sites excluding steroid dienone is 2. The Bertz CT molecular complexity index is 787. The van der Waals surface area contributed by atoms with Gasteiger partial charge in [0.2, 0.25) is 0 Å². The first-order chi connectivity index (χ1) is 12.8. The molecule has 1 heterocycles. The van der Waals surface area contributed by atoms with Crippen LogP contribution in [-0.2, 0) is 35.2 Å². The number of dihydropyridines is 1. The van der Waals surface area contributed by atoms with Crippen molar-refractivity contribution in [2.24, 2.45) is 5.92 Å². The molecule has 1 aromatic rings. The molecule has 0 aromatic heterocycles. The number of carbonyl (C=O) groups is 3. The van der Waals surface area contributed by atoms with Gasteiger partial charge in [0, 0.05) is 15.9 Å². The van der Waals surface area contributed by atoms with Crippen molar-refractivity contribution in [3.63, 3.8) is 0 Å². The van der Waals surface area contributed by atoms with Crippen molar-refractivity contribution in [3.05, 3.63) is 56.8 Å². The lowest BCUT2D eigenvalue weighted by Crippen LogP contribution is -2.37. The zero-order chi connectivity index (χ0) is 20.1. The monoisotopic (exact) mass is 437 g/mol. The molecule has 0 aliphatic carbocycles. The number of hydrogen-bond donors (Lipinski definition) is 1. The van der Waals surface area contributed by atoms with E-state index in [9.17, 15) is 14.4 Å². The van der Waals surface area contributed by atoms with Crippen LogP contribution in [0.3, 0.4) is 0 Å². The summed E-state index contributed by atoms with van der Waals surface area (Å²) in [7, 11) is 2.41. The van der Waals surface area contributed by atoms with Crippen LogP contribution in [0.25, 0.3) is 0 Å². The highest BCUT2D eigenvalue weighted by molar-refractivity contribution is 9.10. The number of rotatable bonds is 5. The van der Waals surface area contributed by atoms with Crippen molar-refractivity contribution >= 4 is 33.8 Å². The summed E-state index contributed by atoms with van der Waals surface area (Å²) in [6.45, 7) is 3.24. The van der Waals surface area contributed by atoms with E-state index in [2.05, 4.69) is 21.2 Å². The first-order valence-electron chi connectivity index (χ1n) is 8.06. The van der Waals surface area contributed by atoms with E-state index in [1.54, 1.807) is 26.0 Å². The van der Waals surface area contributed by atoms with Gasteiger partial charge in [0.15, 0.2) is 0 Å². The Morgan fingerprint density at radius 1 is 0.963 bits per heavy atom. The van der Waals surface area contributed by atoms with Crippen molar-refractivity contribution in [3.8, 4) is 0 Å². The SMILES string of the molecule is COC(=O)C1=C(C)NC(C)=C(C(=O)OC)C1C(=O)OCc1ccc(Br)cc1. The van der Waals surface area contributed by atoms with Gasteiger partial charge in [0.05, 0.1) is 25.4 Å². The standard InChI is InChI=1S/C19H20BrNO6/c1-10-14(17(22)25-3)16(15(11(2)21-10)18(23)26-4)19(24)27-9-12-5-7-13(20)8-6-12/h5-8,16,21H,9H2,1-4H3. The molecular formula is C19H20BrNO6. The van der Waals surface area contributed by atoms with Gasteiger partial charge in [-0.1, -0.05) is 28.1 Å². The largest absolute Gasteiger partial charge is 0.466 e. The predicted molar refractivity (Wildman–Crippen MR) is 100.0 cm³/mol. The molecule has 0 spiro atoms. The average molecular weight is 438 g/mol. The van der Waals surface area contributed by atoms with Crippen LogP contribution in [0.1, 0.15) is 19.4 Å². The third kappa shape index (κ3) is 4.57. The lowest BCUT2D eigenvalue weighted by molar-refractivity contribution is -0.152. The van der Waals surface area contributed by atoms with Crippen LogP contribution in [0.4, 0.5) is 0 Å². The summed E-state index contributed by atoms with van der Waals surface area (Å²) < 4.78 is 15.9. The molecule has 1 aliphatic heterocycles. The van der Waals surface area contributed by atoms with E-state index in [0.717, 1.165) is 10.0 Å². The Morgan fingerprint density at radius 2 is 1.44 bits per heavy atom. The van der Waals surface area contributed by atoms with Gasteiger partial charge in [0.25, 0.3) is 0 Å². The minimum Gasteiger partial charge on any atom is -0.466 e. The molecule has 0 amide bonds. The van der Waals surface area contributed by atoms with E-state index in [1.165, 1.54) is 14.2 Å². The van der Waals surface area contributed by atoms with E-state index in [4.69, 9.17) is 14.2 Å². The maximum absolute atomic E-state index is 12.8. The van der Waals surface area contributed by atoms with Crippen LogP contribution in [0.2, 0.25) is 0 Å². The third-order valence-electron chi connectivity index (χ3n) is 4.10. The Kier molecular flexibility index (Phi) is 6.79. The third-order valence-corrected chi connectivity index (χ3v) is 4.63. The minimum atomic E-state index is -1.23. The molecular weight excluding hydrogens is 418 g/mol. The molecule has 0 saturated carbocycles. The maximum Gasteiger partial charge on any atom is 0.336 e. The van der Waals surface area contributed by atoms with Crippen LogP contribution in [0, 0.1) is 5.92 Å². The summed E-state index contributed by atoms with van der Waals surface area (Å²) in [5.41, 5.74) is 1.63. The van der Waals surface area contributed by atoms with Crippen LogP contribution < -0.4 is 5.32 Å². The highest BCUT2D eigenvalue weighted by Crippen LogP contribution is 2.32. The van der Waals surface area contributed by atoms with Crippen LogP contribution in [0.15, 0.2) is 51.3 Å². The number of esters is 3. The number of halogens is 1. The predicted octanol–water partition coefficient (Wildman–Crippen LogP) is 2.61. The molecule has 0 unspecified atom stereocenters. The number of ether oxygens (including phenoxy) is 3. The molecule has 2 rings (SSSR count). The van der Waals surface area contributed by atoms with E-state index < -0.39 is 23.8 Å². The van der Waals surface area contributed by atoms with Crippen LogP contribution >= 0.6 is 15.9 Å². The summed E-state index contributed by atoms with van der Waals surface area (Å²) in [5, 5.41) is 2.92. The topological polar surface area (TPSA) is 90.9 Å². The number of hydrogen-bond acceptors (Lipinski definition) is 7. The smallest absolute Gasteiger partial charge is 0.336 e. The molecule has 0 radical (unpaired) electrons. The molecule has 0 bridgehead atoms. The van der Waals surface area contributed by atoms with Gasteiger partial charge in [-0.15, -0.1) is 0 Å². The summed E-state index contributed by atoms with van der Waals surface area (Å²) in [4.78, 5) is 37.4. The molecule has 0 atom stereocenters. The van der Waals surface area contributed by atoms with E-state index >= 15 is 0 Å². The molecule has 0 fully saturated rings. The fourth-order valence-corrected chi connectivity index (χ4v) is 3.07. The zero-order valence-electron chi connectivity index (χ0n) is 15.4. The van der Waals surface area contributed by atoms with Gasteiger partial charge in [-0.05, 0) is 31.5 Å². The van der Waals surface area contributed by atoms with Crippen LogP contribution in [-0.4, -0.2) is 32.1 Å². The first-order valence-corrected chi connectivity index (χ1v) is 8.85. The van der Waals surface area contributed by atoms with Crippen molar-refractivity contribution < 1.29 is 28.6 Å². The summed E-state index contributed by atoms with van der Waals surface area (Å²) in [5.74, 6) is -3.42. The van der Waals surface area contributed by atoms with Gasteiger partial charge in [0.1, 0.15) is 12.5 Å². The summed E-state index contributed by atoms with van der Waals surface area (Å²) >= 11 is 3.34. The minimum absolute atomic E-state index is 0.00293. The van der Waals surface area contributed by atoms with E-state index in [0.29, 0.717) is 11.4 Å². The fourth-order valence-electron chi connectivity index (χ4n) is 2.81. The second-order valence-electron chi connectivity index (χ2n) is 5.85. The summed E-state index contributed by atoms with van der Waals surface area (Å²) in [6, 6.07) is 7.23. The fraction of sp³-hybridized carbons (Fsp3) is 0.316. The Hall–Kier alpha value is -2.61. The molecule has 0 saturated heterocycles. The van der Waals surface area contributed by atoms with Crippen molar-refractivity contribution in [2.45, 2.75) is 20.5 Å². The molecule has 7 nitrogen and oxygen atoms in total. The van der Waals surface area contributed by atoms with Crippen LogP contribution in [0.5, 0.6) is 0 Å². The highest BCUT2D eigenvalue weighted by Gasteiger charge is 2.42. The lowest BCUT2D eigenvalue weighted by atomic mass is 9.85. The molecule has 8 heteroatoms. The first kappa shape index (κ1) is 20.7. The molecule has 1 aromatic carbocycles. The highest BCUT2D eigenvalue weighted by atomic mass is 79.9. The average Bonchev–Trinajstić information content (AvgIpc) is 2.65. The van der Waals surface area contributed by atoms with Gasteiger partial charge >= 0.3 is 17.9 Å². The van der Waals surface area contributed by atoms with Crippen molar-refractivity contribution in [1.29, 1.82) is 0 Å². The molecule has 144 valence electrons.